The Morgan fingerprint density at radius 3 is 2.57 bits per heavy atom. The van der Waals surface area contributed by atoms with E-state index in [-0.39, 0.29) is 11.6 Å². The molecule has 4 heteroatoms. The predicted octanol–water partition coefficient (Wildman–Crippen LogP) is 5.06. The number of anilines is 1. The third kappa shape index (κ3) is 2.85. The van der Waals surface area contributed by atoms with Gasteiger partial charge in [0.1, 0.15) is 11.6 Å². The van der Waals surface area contributed by atoms with Crippen molar-refractivity contribution in [1.82, 2.24) is 0 Å². The predicted molar refractivity (Wildman–Crippen MR) is 87.0 cm³/mol. The van der Waals surface area contributed by atoms with E-state index in [1.165, 1.54) is 6.07 Å². The first-order valence-corrected chi connectivity index (χ1v) is 7.33. The van der Waals surface area contributed by atoms with Crippen molar-refractivity contribution in [1.29, 1.82) is 0 Å². The molecule has 0 atom stereocenters. The fourth-order valence-corrected chi connectivity index (χ4v) is 2.64. The van der Waals surface area contributed by atoms with Gasteiger partial charge in [0.05, 0.1) is 0 Å². The Morgan fingerprint density at radius 1 is 1.00 bits per heavy atom. The van der Waals surface area contributed by atoms with Gasteiger partial charge in [-0.3, -0.25) is 0 Å². The summed E-state index contributed by atoms with van der Waals surface area (Å²) in [5, 5.41) is 14.8. The lowest BCUT2D eigenvalue weighted by molar-refractivity contribution is 0.481. The summed E-state index contributed by atoms with van der Waals surface area (Å²) in [5.41, 5.74) is 1.46. The molecule has 0 aliphatic carbocycles. The zero-order valence-corrected chi connectivity index (χ0v) is 12.7. The zero-order valence-electron chi connectivity index (χ0n) is 11.1. The van der Waals surface area contributed by atoms with Crippen LogP contribution in [0.5, 0.6) is 5.75 Å². The van der Waals surface area contributed by atoms with Gasteiger partial charge in [-0.2, -0.15) is 0 Å². The van der Waals surface area contributed by atoms with Crippen LogP contribution in [0.2, 0.25) is 0 Å². The SMILES string of the molecule is Oc1cccc2c(NCc3ccc(Br)cc3F)cccc12. The molecule has 0 spiro atoms. The molecule has 0 saturated carbocycles. The van der Waals surface area contributed by atoms with Crippen molar-refractivity contribution in [2.75, 3.05) is 5.32 Å². The molecule has 21 heavy (non-hydrogen) atoms. The molecule has 0 aromatic heterocycles. The summed E-state index contributed by atoms with van der Waals surface area (Å²) in [7, 11) is 0. The highest BCUT2D eigenvalue weighted by molar-refractivity contribution is 9.10. The molecule has 0 aliphatic heterocycles. The van der Waals surface area contributed by atoms with Crippen molar-refractivity contribution >= 4 is 32.4 Å². The third-order valence-corrected chi connectivity index (χ3v) is 3.88. The number of rotatable bonds is 3. The quantitative estimate of drug-likeness (QED) is 0.695. The molecule has 0 fully saturated rings. The highest BCUT2D eigenvalue weighted by atomic mass is 79.9. The van der Waals surface area contributed by atoms with Crippen LogP contribution in [-0.4, -0.2) is 5.11 Å². The summed E-state index contributed by atoms with van der Waals surface area (Å²) in [5.74, 6) is -0.00840. The van der Waals surface area contributed by atoms with Crippen LogP contribution >= 0.6 is 15.9 Å². The lowest BCUT2D eigenvalue weighted by Gasteiger charge is -2.11. The van der Waals surface area contributed by atoms with E-state index in [4.69, 9.17) is 0 Å². The molecular weight excluding hydrogens is 333 g/mol. The Kier molecular flexibility index (Phi) is 3.80. The van der Waals surface area contributed by atoms with Gasteiger partial charge in [0.15, 0.2) is 0 Å². The van der Waals surface area contributed by atoms with Gasteiger partial charge in [0.25, 0.3) is 0 Å². The van der Waals surface area contributed by atoms with Gasteiger partial charge >= 0.3 is 0 Å². The Labute approximate surface area is 130 Å². The van der Waals surface area contributed by atoms with Crippen LogP contribution in [-0.2, 0) is 6.54 Å². The maximum atomic E-state index is 13.8. The molecule has 0 radical (unpaired) electrons. The second kappa shape index (κ2) is 5.74. The van der Waals surface area contributed by atoms with E-state index in [0.717, 1.165) is 20.9 Å². The monoisotopic (exact) mass is 345 g/mol. The first kappa shape index (κ1) is 13.9. The van der Waals surface area contributed by atoms with E-state index in [0.29, 0.717) is 12.1 Å². The van der Waals surface area contributed by atoms with Crippen molar-refractivity contribution in [2.45, 2.75) is 6.54 Å². The Morgan fingerprint density at radius 2 is 1.76 bits per heavy atom. The number of phenolic OH excluding ortho intramolecular Hbond substituents is 1. The van der Waals surface area contributed by atoms with Crippen molar-refractivity contribution in [3.8, 4) is 5.75 Å². The Bertz CT molecular complexity index is 804. The number of hydrogen-bond acceptors (Lipinski definition) is 2. The lowest BCUT2D eigenvalue weighted by Crippen LogP contribution is -2.02. The van der Waals surface area contributed by atoms with E-state index < -0.39 is 0 Å². The average Bonchev–Trinajstić information content (AvgIpc) is 2.47. The van der Waals surface area contributed by atoms with E-state index >= 15 is 0 Å². The van der Waals surface area contributed by atoms with E-state index in [1.54, 1.807) is 18.2 Å². The van der Waals surface area contributed by atoms with Gasteiger partial charge in [0, 0.05) is 33.0 Å². The molecule has 0 saturated heterocycles. The van der Waals surface area contributed by atoms with Crippen LogP contribution in [0, 0.1) is 5.82 Å². The standard InChI is InChI=1S/C17H13BrFNO/c18-12-8-7-11(15(19)9-12)10-20-16-5-1-4-14-13(16)3-2-6-17(14)21/h1-9,20-21H,10H2. The van der Waals surface area contributed by atoms with Gasteiger partial charge in [-0.05, 0) is 24.3 Å². The van der Waals surface area contributed by atoms with Crippen LogP contribution in [0.3, 0.4) is 0 Å². The first-order valence-electron chi connectivity index (χ1n) is 6.53. The van der Waals surface area contributed by atoms with Gasteiger partial charge in [-0.25, -0.2) is 4.39 Å². The van der Waals surface area contributed by atoms with Crippen molar-refractivity contribution in [3.05, 3.63) is 70.5 Å². The van der Waals surface area contributed by atoms with Crippen LogP contribution in [0.1, 0.15) is 5.56 Å². The highest BCUT2D eigenvalue weighted by Gasteiger charge is 2.06. The fourth-order valence-electron chi connectivity index (χ4n) is 2.30. The van der Waals surface area contributed by atoms with Gasteiger partial charge < -0.3 is 10.4 Å². The smallest absolute Gasteiger partial charge is 0.129 e. The minimum atomic E-state index is -0.250. The lowest BCUT2D eigenvalue weighted by atomic mass is 10.1. The number of aromatic hydroxyl groups is 1. The third-order valence-electron chi connectivity index (χ3n) is 3.38. The molecule has 2 nitrogen and oxygen atoms in total. The second-order valence-corrected chi connectivity index (χ2v) is 5.68. The summed E-state index contributed by atoms with van der Waals surface area (Å²) < 4.78 is 14.5. The number of phenols is 1. The van der Waals surface area contributed by atoms with Crippen LogP contribution in [0.25, 0.3) is 10.8 Å². The van der Waals surface area contributed by atoms with E-state index in [9.17, 15) is 9.50 Å². The van der Waals surface area contributed by atoms with Crippen molar-refractivity contribution in [3.63, 3.8) is 0 Å². The molecule has 3 aromatic rings. The number of fused-ring (bicyclic) bond motifs is 1. The summed E-state index contributed by atoms with van der Waals surface area (Å²) in [6.45, 7) is 0.383. The molecule has 106 valence electrons. The largest absolute Gasteiger partial charge is 0.507 e. The highest BCUT2D eigenvalue weighted by Crippen LogP contribution is 2.30. The average molecular weight is 346 g/mol. The van der Waals surface area contributed by atoms with Crippen molar-refractivity contribution < 1.29 is 9.50 Å². The molecule has 3 rings (SSSR count). The summed E-state index contributed by atoms with van der Waals surface area (Å²) in [6.07, 6.45) is 0. The van der Waals surface area contributed by atoms with Gasteiger partial charge in [0.2, 0.25) is 0 Å². The minimum absolute atomic E-state index is 0.242. The van der Waals surface area contributed by atoms with Crippen molar-refractivity contribution in [2.24, 2.45) is 0 Å². The van der Waals surface area contributed by atoms with Crippen LogP contribution in [0.15, 0.2) is 59.1 Å². The molecule has 2 N–H and O–H groups in total. The normalized spacial score (nSPS) is 10.8. The first-order chi connectivity index (χ1) is 10.1. The number of benzene rings is 3. The zero-order chi connectivity index (χ0) is 14.8. The van der Waals surface area contributed by atoms with Gasteiger partial charge in [-0.15, -0.1) is 0 Å². The maximum absolute atomic E-state index is 13.8. The minimum Gasteiger partial charge on any atom is -0.507 e. The van der Waals surface area contributed by atoms with E-state index in [1.807, 2.05) is 30.3 Å². The number of nitrogens with one attached hydrogen (secondary N) is 1. The molecule has 0 unspecified atom stereocenters. The van der Waals surface area contributed by atoms with Gasteiger partial charge in [-0.1, -0.05) is 46.3 Å². The number of halogens is 2. The Hall–Kier alpha value is -2.07. The van der Waals surface area contributed by atoms with Crippen LogP contribution < -0.4 is 5.32 Å². The molecule has 0 amide bonds. The molecule has 0 aliphatic rings. The molecule has 0 heterocycles. The molecule has 3 aromatic carbocycles. The van der Waals surface area contributed by atoms with Crippen LogP contribution in [0.4, 0.5) is 10.1 Å². The summed E-state index contributed by atoms with van der Waals surface area (Å²) >= 11 is 3.24. The fraction of sp³-hybridized carbons (Fsp3) is 0.0588. The maximum Gasteiger partial charge on any atom is 0.129 e. The molecular formula is C17H13BrFNO. The topological polar surface area (TPSA) is 32.3 Å². The second-order valence-electron chi connectivity index (χ2n) is 4.77. The summed E-state index contributed by atoms with van der Waals surface area (Å²) in [4.78, 5) is 0. The van der Waals surface area contributed by atoms with E-state index in [2.05, 4.69) is 21.2 Å². The summed E-state index contributed by atoms with van der Waals surface area (Å²) in [6, 6.07) is 16.0. The number of hydrogen-bond donors (Lipinski definition) is 2. The molecule has 0 bridgehead atoms. The Balaban J connectivity index is 1.90.